The van der Waals surface area contributed by atoms with Gasteiger partial charge in [-0.25, -0.2) is 0 Å². The zero-order valence-electron chi connectivity index (χ0n) is 13.8. The fraction of sp³-hybridized carbons (Fsp3) is 0.100. The van der Waals surface area contributed by atoms with Gasteiger partial charge in [0.25, 0.3) is 5.91 Å². The van der Waals surface area contributed by atoms with Gasteiger partial charge in [0.2, 0.25) is 5.91 Å². The molecule has 3 rings (SSSR count). The van der Waals surface area contributed by atoms with Crippen LogP contribution in [0.4, 0.5) is 11.4 Å². The first-order valence-electron chi connectivity index (χ1n) is 7.89. The van der Waals surface area contributed by atoms with Gasteiger partial charge in [-0.3, -0.25) is 9.59 Å². The number of fused-ring (bicyclic) bond motifs is 1. The molecule has 0 fully saturated rings. The van der Waals surface area contributed by atoms with Gasteiger partial charge < -0.3 is 15.4 Å². The van der Waals surface area contributed by atoms with Gasteiger partial charge in [-0.1, -0.05) is 30.3 Å². The van der Waals surface area contributed by atoms with E-state index in [1.54, 1.807) is 24.3 Å². The van der Waals surface area contributed by atoms with E-state index in [9.17, 15) is 9.59 Å². The summed E-state index contributed by atoms with van der Waals surface area (Å²) in [4.78, 5) is 23.0. The zero-order chi connectivity index (χ0) is 17.6. The summed E-state index contributed by atoms with van der Waals surface area (Å²) in [6, 6.07) is 20.6. The molecule has 0 aliphatic rings. The number of benzene rings is 3. The molecule has 0 aliphatic heterocycles. The van der Waals surface area contributed by atoms with E-state index in [0.29, 0.717) is 17.1 Å². The number of carbonyl (C=O) groups excluding carboxylic acids is 2. The number of hydrogen-bond donors (Lipinski definition) is 2. The summed E-state index contributed by atoms with van der Waals surface area (Å²) in [5, 5.41) is 7.61. The highest BCUT2D eigenvalue weighted by molar-refractivity contribution is 5.93. The van der Waals surface area contributed by atoms with E-state index in [0.717, 1.165) is 10.8 Å². The Morgan fingerprint density at radius 3 is 2.16 bits per heavy atom. The Balaban J connectivity index is 1.55. The molecule has 25 heavy (non-hydrogen) atoms. The molecule has 3 aromatic carbocycles. The monoisotopic (exact) mass is 334 g/mol. The van der Waals surface area contributed by atoms with Gasteiger partial charge in [0.15, 0.2) is 6.61 Å². The quantitative estimate of drug-likeness (QED) is 0.745. The maximum Gasteiger partial charge on any atom is 0.262 e. The molecule has 2 N–H and O–H groups in total. The van der Waals surface area contributed by atoms with Crippen LogP contribution in [0, 0.1) is 0 Å². The molecule has 0 spiro atoms. The molecule has 0 unspecified atom stereocenters. The number of hydrogen-bond acceptors (Lipinski definition) is 3. The van der Waals surface area contributed by atoms with Crippen LogP contribution < -0.4 is 15.4 Å². The van der Waals surface area contributed by atoms with Gasteiger partial charge in [0.1, 0.15) is 5.75 Å². The third-order valence-electron chi connectivity index (χ3n) is 3.58. The Morgan fingerprint density at radius 2 is 1.48 bits per heavy atom. The highest BCUT2D eigenvalue weighted by Gasteiger charge is 2.05. The smallest absolute Gasteiger partial charge is 0.262 e. The average molecular weight is 334 g/mol. The van der Waals surface area contributed by atoms with E-state index in [-0.39, 0.29) is 18.4 Å². The number of ether oxygens (including phenoxy) is 1. The molecule has 5 nitrogen and oxygen atoms in total. The van der Waals surface area contributed by atoms with Crippen LogP contribution >= 0.6 is 0 Å². The second kappa shape index (κ2) is 7.49. The second-order valence-corrected chi connectivity index (χ2v) is 5.60. The van der Waals surface area contributed by atoms with Crippen molar-refractivity contribution in [2.75, 3.05) is 17.2 Å². The Kier molecular flexibility index (Phi) is 4.95. The van der Waals surface area contributed by atoms with Crippen molar-refractivity contribution in [2.24, 2.45) is 0 Å². The van der Waals surface area contributed by atoms with Gasteiger partial charge in [0.05, 0.1) is 0 Å². The van der Waals surface area contributed by atoms with Crippen molar-refractivity contribution in [3.63, 3.8) is 0 Å². The molecule has 0 heterocycles. The lowest BCUT2D eigenvalue weighted by molar-refractivity contribution is -0.118. The van der Waals surface area contributed by atoms with Gasteiger partial charge >= 0.3 is 0 Å². The summed E-state index contributed by atoms with van der Waals surface area (Å²) >= 11 is 0. The van der Waals surface area contributed by atoms with Crippen LogP contribution in [0.3, 0.4) is 0 Å². The summed E-state index contributed by atoms with van der Waals surface area (Å²) in [7, 11) is 0. The van der Waals surface area contributed by atoms with E-state index in [1.165, 1.54) is 6.92 Å². The normalized spacial score (nSPS) is 10.3. The third kappa shape index (κ3) is 4.57. The molecule has 2 amide bonds. The summed E-state index contributed by atoms with van der Waals surface area (Å²) in [5.74, 6) is 0.260. The molecule has 5 heteroatoms. The molecular weight excluding hydrogens is 316 g/mol. The van der Waals surface area contributed by atoms with Gasteiger partial charge in [-0.05, 0) is 47.2 Å². The van der Waals surface area contributed by atoms with Gasteiger partial charge in [-0.15, -0.1) is 0 Å². The minimum absolute atomic E-state index is 0.0776. The van der Waals surface area contributed by atoms with Gasteiger partial charge in [0, 0.05) is 18.3 Å². The lowest BCUT2D eigenvalue weighted by Gasteiger charge is -2.09. The highest BCUT2D eigenvalue weighted by atomic mass is 16.5. The molecule has 126 valence electrons. The van der Waals surface area contributed by atoms with Crippen molar-refractivity contribution in [3.8, 4) is 5.75 Å². The van der Waals surface area contributed by atoms with E-state index < -0.39 is 0 Å². The largest absolute Gasteiger partial charge is 0.484 e. The average Bonchev–Trinajstić information content (AvgIpc) is 2.61. The SMILES string of the molecule is CC(=O)Nc1ccc(NC(=O)COc2ccc3ccccc3c2)cc1. The maximum atomic E-state index is 12.0. The summed E-state index contributed by atoms with van der Waals surface area (Å²) < 4.78 is 5.56. The molecular formula is C20H18N2O3. The van der Waals surface area contributed by atoms with E-state index in [4.69, 9.17) is 4.74 Å². The Labute approximate surface area is 145 Å². The molecule has 3 aromatic rings. The zero-order valence-corrected chi connectivity index (χ0v) is 13.8. The van der Waals surface area contributed by atoms with Crippen LogP contribution in [-0.2, 0) is 9.59 Å². The summed E-state index contributed by atoms with van der Waals surface area (Å²) in [6.45, 7) is 1.37. The Hall–Kier alpha value is -3.34. The predicted molar refractivity (Wildman–Crippen MR) is 98.8 cm³/mol. The number of nitrogens with one attached hydrogen (secondary N) is 2. The topological polar surface area (TPSA) is 67.4 Å². The van der Waals surface area contributed by atoms with Crippen LogP contribution in [0.25, 0.3) is 10.8 Å². The third-order valence-corrected chi connectivity index (χ3v) is 3.58. The van der Waals surface area contributed by atoms with Crippen molar-refractivity contribution in [1.29, 1.82) is 0 Å². The second-order valence-electron chi connectivity index (χ2n) is 5.60. The van der Waals surface area contributed by atoms with Crippen LogP contribution in [-0.4, -0.2) is 18.4 Å². The Morgan fingerprint density at radius 1 is 0.840 bits per heavy atom. The van der Waals surface area contributed by atoms with E-state index in [2.05, 4.69) is 10.6 Å². The number of rotatable bonds is 5. The standard InChI is InChI=1S/C20H18N2O3/c1-14(23)21-17-7-9-18(10-8-17)22-20(24)13-25-19-11-6-15-4-2-3-5-16(15)12-19/h2-12H,13H2,1H3,(H,21,23)(H,22,24). The van der Waals surface area contributed by atoms with Crippen LogP contribution in [0.15, 0.2) is 66.7 Å². The van der Waals surface area contributed by atoms with Crippen LogP contribution in [0.5, 0.6) is 5.75 Å². The molecule has 0 saturated heterocycles. The molecule has 0 radical (unpaired) electrons. The first-order chi connectivity index (χ1) is 12.1. The molecule has 0 aromatic heterocycles. The highest BCUT2D eigenvalue weighted by Crippen LogP contribution is 2.20. The van der Waals surface area contributed by atoms with E-state index in [1.807, 2.05) is 42.5 Å². The number of amides is 2. The predicted octanol–water partition coefficient (Wildman–Crippen LogP) is 3.82. The van der Waals surface area contributed by atoms with Crippen molar-refractivity contribution in [3.05, 3.63) is 66.7 Å². The lowest BCUT2D eigenvalue weighted by Crippen LogP contribution is -2.20. The number of anilines is 2. The molecule has 0 aliphatic carbocycles. The van der Waals surface area contributed by atoms with Gasteiger partial charge in [-0.2, -0.15) is 0 Å². The maximum absolute atomic E-state index is 12.0. The minimum Gasteiger partial charge on any atom is -0.484 e. The first kappa shape index (κ1) is 16.5. The molecule has 0 atom stereocenters. The minimum atomic E-state index is -0.250. The number of carbonyl (C=O) groups is 2. The van der Waals surface area contributed by atoms with Crippen LogP contribution in [0.2, 0.25) is 0 Å². The van der Waals surface area contributed by atoms with Crippen molar-refractivity contribution in [2.45, 2.75) is 6.92 Å². The van der Waals surface area contributed by atoms with Crippen LogP contribution in [0.1, 0.15) is 6.92 Å². The van der Waals surface area contributed by atoms with Crippen molar-refractivity contribution < 1.29 is 14.3 Å². The lowest BCUT2D eigenvalue weighted by atomic mass is 10.1. The van der Waals surface area contributed by atoms with Crippen molar-refractivity contribution in [1.82, 2.24) is 0 Å². The summed E-state index contributed by atoms with van der Waals surface area (Å²) in [5.41, 5.74) is 1.32. The fourth-order valence-corrected chi connectivity index (χ4v) is 2.44. The summed E-state index contributed by atoms with van der Waals surface area (Å²) in [6.07, 6.45) is 0. The van der Waals surface area contributed by atoms with E-state index >= 15 is 0 Å². The van der Waals surface area contributed by atoms with Crippen molar-refractivity contribution >= 4 is 34.0 Å². The molecule has 0 saturated carbocycles. The Bertz CT molecular complexity index is 904. The fourth-order valence-electron chi connectivity index (χ4n) is 2.44. The first-order valence-corrected chi connectivity index (χ1v) is 7.89. The molecule has 0 bridgehead atoms.